The SMILES string of the molecule is CC(C)Oc1ccc(/C=C(/C#N)c2nc3ccccc3[nH]2)cc1Cl. The van der Waals surface area contributed by atoms with E-state index in [0.717, 1.165) is 16.6 Å². The third-order valence-electron chi connectivity index (χ3n) is 3.39. The number of aromatic nitrogens is 2. The zero-order chi connectivity index (χ0) is 17.1. The number of benzene rings is 2. The first-order chi connectivity index (χ1) is 11.6. The van der Waals surface area contributed by atoms with Crippen LogP contribution in [0.4, 0.5) is 0 Å². The molecule has 0 radical (unpaired) electrons. The first-order valence-corrected chi connectivity index (χ1v) is 7.98. The van der Waals surface area contributed by atoms with Gasteiger partial charge in [0.15, 0.2) is 0 Å². The second-order valence-corrected chi connectivity index (χ2v) is 6.04. The number of nitriles is 1. The Morgan fingerprint density at radius 2 is 2.08 bits per heavy atom. The highest BCUT2D eigenvalue weighted by molar-refractivity contribution is 6.32. The fraction of sp³-hybridized carbons (Fsp3) is 0.158. The largest absolute Gasteiger partial charge is 0.489 e. The number of rotatable bonds is 4. The van der Waals surface area contributed by atoms with Crippen LogP contribution in [0.5, 0.6) is 5.75 Å². The first kappa shape index (κ1) is 16.1. The second kappa shape index (κ2) is 6.77. The van der Waals surface area contributed by atoms with Gasteiger partial charge in [-0.25, -0.2) is 4.98 Å². The average Bonchev–Trinajstić information content (AvgIpc) is 2.98. The molecule has 0 saturated carbocycles. The van der Waals surface area contributed by atoms with Crippen LogP contribution in [0.15, 0.2) is 42.5 Å². The zero-order valence-electron chi connectivity index (χ0n) is 13.4. The maximum absolute atomic E-state index is 9.47. The van der Waals surface area contributed by atoms with Gasteiger partial charge in [0, 0.05) is 0 Å². The number of halogens is 1. The Labute approximate surface area is 145 Å². The quantitative estimate of drug-likeness (QED) is 0.676. The summed E-state index contributed by atoms with van der Waals surface area (Å²) in [6, 6.07) is 15.3. The van der Waals surface area contributed by atoms with Crippen molar-refractivity contribution in [2.75, 3.05) is 0 Å². The van der Waals surface area contributed by atoms with Crippen LogP contribution in [0.1, 0.15) is 25.2 Å². The smallest absolute Gasteiger partial charge is 0.149 e. The highest BCUT2D eigenvalue weighted by atomic mass is 35.5. The number of H-pyrrole nitrogens is 1. The van der Waals surface area contributed by atoms with E-state index >= 15 is 0 Å². The van der Waals surface area contributed by atoms with E-state index in [2.05, 4.69) is 16.0 Å². The predicted octanol–water partition coefficient (Wildman–Crippen LogP) is 5.07. The van der Waals surface area contributed by atoms with E-state index in [4.69, 9.17) is 16.3 Å². The fourth-order valence-corrected chi connectivity index (χ4v) is 2.59. The molecule has 0 atom stereocenters. The van der Waals surface area contributed by atoms with Gasteiger partial charge in [-0.3, -0.25) is 0 Å². The van der Waals surface area contributed by atoms with E-state index in [1.165, 1.54) is 0 Å². The second-order valence-electron chi connectivity index (χ2n) is 5.63. The molecule has 5 heteroatoms. The molecule has 1 heterocycles. The van der Waals surface area contributed by atoms with E-state index in [0.29, 0.717) is 22.2 Å². The van der Waals surface area contributed by atoms with Crippen LogP contribution < -0.4 is 4.74 Å². The molecule has 1 aromatic heterocycles. The fourth-order valence-electron chi connectivity index (χ4n) is 2.36. The van der Waals surface area contributed by atoms with Crippen LogP contribution in [0.3, 0.4) is 0 Å². The summed E-state index contributed by atoms with van der Waals surface area (Å²) >= 11 is 6.25. The third kappa shape index (κ3) is 3.42. The van der Waals surface area contributed by atoms with Crippen molar-refractivity contribution in [3.05, 3.63) is 58.9 Å². The van der Waals surface area contributed by atoms with Crippen LogP contribution in [0, 0.1) is 11.3 Å². The minimum absolute atomic E-state index is 0.0501. The molecular formula is C19H16ClN3O. The summed E-state index contributed by atoms with van der Waals surface area (Å²) in [4.78, 5) is 7.61. The number of aromatic amines is 1. The summed E-state index contributed by atoms with van der Waals surface area (Å²) < 4.78 is 5.62. The molecule has 3 aromatic rings. The van der Waals surface area contributed by atoms with E-state index in [1.54, 1.807) is 12.1 Å². The van der Waals surface area contributed by atoms with Gasteiger partial charge in [0.25, 0.3) is 0 Å². The van der Waals surface area contributed by atoms with E-state index in [-0.39, 0.29) is 6.10 Å². The molecule has 0 aliphatic carbocycles. The normalized spacial score (nSPS) is 11.7. The van der Waals surface area contributed by atoms with Gasteiger partial charge in [0.05, 0.1) is 27.7 Å². The molecule has 0 aliphatic rings. The van der Waals surface area contributed by atoms with Gasteiger partial charge in [0.1, 0.15) is 17.6 Å². The van der Waals surface area contributed by atoms with Gasteiger partial charge in [-0.05, 0) is 49.8 Å². The van der Waals surface area contributed by atoms with E-state index < -0.39 is 0 Å². The molecule has 4 nitrogen and oxygen atoms in total. The lowest BCUT2D eigenvalue weighted by atomic mass is 10.1. The van der Waals surface area contributed by atoms with Crippen molar-refractivity contribution >= 4 is 34.3 Å². The first-order valence-electron chi connectivity index (χ1n) is 7.60. The van der Waals surface area contributed by atoms with Crippen molar-refractivity contribution in [3.8, 4) is 11.8 Å². The molecule has 0 unspecified atom stereocenters. The number of hydrogen-bond donors (Lipinski definition) is 1. The molecule has 0 amide bonds. The van der Waals surface area contributed by atoms with Crippen molar-refractivity contribution in [1.82, 2.24) is 9.97 Å². The molecule has 24 heavy (non-hydrogen) atoms. The van der Waals surface area contributed by atoms with Crippen molar-refractivity contribution in [1.29, 1.82) is 5.26 Å². The van der Waals surface area contributed by atoms with Gasteiger partial charge >= 0.3 is 0 Å². The van der Waals surface area contributed by atoms with Crippen LogP contribution in [-0.2, 0) is 0 Å². The molecule has 2 aromatic carbocycles. The molecule has 0 bridgehead atoms. The van der Waals surface area contributed by atoms with Crippen LogP contribution in [-0.4, -0.2) is 16.1 Å². The lowest BCUT2D eigenvalue weighted by Crippen LogP contribution is -2.05. The van der Waals surface area contributed by atoms with Crippen LogP contribution in [0.2, 0.25) is 5.02 Å². The monoisotopic (exact) mass is 337 g/mol. The number of imidazole rings is 1. The maximum atomic E-state index is 9.47. The number of fused-ring (bicyclic) bond motifs is 1. The molecule has 0 spiro atoms. The van der Waals surface area contributed by atoms with Crippen LogP contribution >= 0.6 is 11.6 Å². The summed E-state index contributed by atoms with van der Waals surface area (Å²) in [6.45, 7) is 3.89. The van der Waals surface area contributed by atoms with Gasteiger partial charge in [-0.15, -0.1) is 0 Å². The summed E-state index contributed by atoms with van der Waals surface area (Å²) in [5.41, 5.74) is 2.98. The molecule has 120 valence electrons. The maximum Gasteiger partial charge on any atom is 0.149 e. The predicted molar refractivity (Wildman–Crippen MR) is 96.8 cm³/mol. The summed E-state index contributed by atoms with van der Waals surface area (Å²) in [7, 11) is 0. The van der Waals surface area contributed by atoms with E-state index in [1.807, 2.05) is 50.2 Å². The topological polar surface area (TPSA) is 61.7 Å². The van der Waals surface area contributed by atoms with Crippen molar-refractivity contribution < 1.29 is 4.74 Å². The summed E-state index contributed by atoms with van der Waals surface area (Å²) in [6.07, 6.45) is 1.80. The summed E-state index contributed by atoms with van der Waals surface area (Å²) in [5, 5.41) is 9.99. The van der Waals surface area contributed by atoms with Crippen molar-refractivity contribution in [2.24, 2.45) is 0 Å². The van der Waals surface area contributed by atoms with Gasteiger partial charge < -0.3 is 9.72 Å². The van der Waals surface area contributed by atoms with Crippen molar-refractivity contribution in [3.63, 3.8) is 0 Å². The minimum atomic E-state index is 0.0501. The number of nitrogens with one attached hydrogen (secondary N) is 1. The van der Waals surface area contributed by atoms with Crippen molar-refractivity contribution in [2.45, 2.75) is 20.0 Å². The molecule has 0 fully saturated rings. The number of nitrogens with zero attached hydrogens (tertiary/aromatic N) is 2. The summed E-state index contributed by atoms with van der Waals surface area (Å²) in [5.74, 6) is 1.17. The van der Waals surface area contributed by atoms with Gasteiger partial charge in [0.2, 0.25) is 0 Å². The minimum Gasteiger partial charge on any atom is -0.489 e. The lowest BCUT2D eigenvalue weighted by molar-refractivity contribution is 0.242. The standard InChI is InChI=1S/C19H16ClN3O/c1-12(2)24-18-8-7-13(10-15(18)20)9-14(11-21)19-22-16-5-3-4-6-17(16)23-19/h3-10,12H,1-2H3,(H,22,23)/b14-9-. The molecule has 3 rings (SSSR count). The molecule has 1 N–H and O–H groups in total. The Morgan fingerprint density at radius 3 is 2.75 bits per heavy atom. The average molecular weight is 338 g/mol. The number of ether oxygens (including phenoxy) is 1. The lowest BCUT2D eigenvalue weighted by Gasteiger charge is -2.11. The number of hydrogen-bond acceptors (Lipinski definition) is 3. The number of para-hydroxylation sites is 2. The van der Waals surface area contributed by atoms with Crippen LogP contribution in [0.25, 0.3) is 22.7 Å². The van der Waals surface area contributed by atoms with Gasteiger partial charge in [-0.2, -0.15) is 5.26 Å². The Kier molecular flexibility index (Phi) is 4.54. The zero-order valence-corrected chi connectivity index (χ0v) is 14.1. The molecule has 0 aliphatic heterocycles. The third-order valence-corrected chi connectivity index (χ3v) is 3.69. The Balaban J connectivity index is 1.96. The van der Waals surface area contributed by atoms with E-state index in [9.17, 15) is 5.26 Å². The highest BCUT2D eigenvalue weighted by Crippen LogP contribution is 2.28. The molecular weight excluding hydrogens is 322 g/mol. The molecule has 0 saturated heterocycles. The Morgan fingerprint density at radius 1 is 1.29 bits per heavy atom. The number of allylic oxidation sites excluding steroid dienone is 1. The highest BCUT2D eigenvalue weighted by Gasteiger charge is 2.09. The Hall–Kier alpha value is -2.77. The van der Waals surface area contributed by atoms with Gasteiger partial charge in [-0.1, -0.05) is 29.8 Å². The Bertz CT molecular complexity index is 918.